The summed E-state index contributed by atoms with van der Waals surface area (Å²) in [6.07, 6.45) is 0. The van der Waals surface area contributed by atoms with E-state index in [-0.39, 0.29) is 21.3 Å². The van der Waals surface area contributed by atoms with Crippen molar-refractivity contribution in [3.05, 3.63) is 47.5 Å². The number of para-hydroxylation sites is 1. The highest BCUT2D eigenvalue weighted by molar-refractivity contribution is 7.91. The van der Waals surface area contributed by atoms with Crippen LogP contribution in [-0.4, -0.2) is 18.6 Å². The molecule has 0 unspecified atom stereocenters. The average Bonchev–Trinajstić information content (AvgIpc) is 2.35. The van der Waals surface area contributed by atoms with E-state index >= 15 is 0 Å². The molecule has 0 saturated heterocycles. The number of rotatable bonds is 2. The van der Waals surface area contributed by atoms with Crippen LogP contribution in [0.15, 0.2) is 46.2 Å². The summed E-state index contributed by atoms with van der Waals surface area (Å²) in [5.41, 5.74) is 0.998. The van der Waals surface area contributed by atoms with Crippen molar-refractivity contribution in [3.63, 3.8) is 0 Å². The molecule has 0 atom stereocenters. The molecule has 2 N–H and O–H groups in total. The smallest absolute Gasteiger partial charge is 0.210 e. The molecule has 2 aromatic carbocycles. The highest BCUT2D eigenvalue weighted by Gasteiger charge is 2.24. The molecule has 2 rings (SSSR count). The molecule has 5 heteroatoms. The first-order chi connectivity index (χ1) is 8.84. The van der Waals surface area contributed by atoms with Gasteiger partial charge in [0.1, 0.15) is 16.4 Å². The molecule has 0 aliphatic carbocycles. The molecule has 0 radical (unpaired) electrons. The minimum atomic E-state index is -3.86. The maximum atomic E-state index is 12.5. The molecule has 100 valence electrons. The van der Waals surface area contributed by atoms with Crippen molar-refractivity contribution < 1.29 is 18.6 Å². The van der Waals surface area contributed by atoms with E-state index in [9.17, 15) is 18.6 Å². The van der Waals surface area contributed by atoms with Crippen molar-refractivity contribution in [3.8, 4) is 11.5 Å². The molecular formula is C14H14O4S. The van der Waals surface area contributed by atoms with Gasteiger partial charge in [-0.2, -0.15) is 0 Å². The molecule has 0 heterocycles. The van der Waals surface area contributed by atoms with Crippen molar-refractivity contribution >= 4 is 9.84 Å². The molecule has 0 bridgehead atoms. The molecular weight excluding hydrogens is 264 g/mol. The predicted octanol–water partition coefficient (Wildman–Crippen LogP) is 2.55. The quantitative estimate of drug-likeness (QED) is 0.885. The van der Waals surface area contributed by atoms with Gasteiger partial charge in [-0.3, -0.25) is 0 Å². The molecule has 0 spiro atoms. The van der Waals surface area contributed by atoms with Crippen LogP contribution in [0.2, 0.25) is 0 Å². The van der Waals surface area contributed by atoms with Gasteiger partial charge in [-0.1, -0.05) is 18.2 Å². The molecule has 0 amide bonds. The van der Waals surface area contributed by atoms with Gasteiger partial charge in [0, 0.05) is 0 Å². The molecule has 4 nitrogen and oxygen atoms in total. The van der Waals surface area contributed by atoms with Gasteiger partial charge in [-0.05, 0) is 43.2 Å². The molecule has 2 aromatic rings. The zero-order valence-electron chi connectivity index (χ0n) is 10.6. The number of benzene rings is 2. The Balaban J connectivity index is 2.73. The number of aryl methyl sites for hydroxylation is 2. The first-order valence-electron chi connectivity index (χ1n) is 5.67. The van der Waals surface area contributed by atoms with Gasteiger partial charge in [-0.25, -0.2) is 8.42 Å². The summed E-state index contributed by atoms with van der Waals surface area (Å²) >= 11 is 0. The standard InChI is InChI=1S/C14H14O4S/c1-9-6-7-11(15)8-13(9)19(17,18)12-5-3-4-10(2)14(12)16/h3-8,15-16H,1-2H3. The van der Waals surface area contributed by atoms with E-state index in [0.29, 0.717) is 11.1 Å². The van der Waals surface area contributed by atoms with Gasteiger partial charge in [-0.15, -0.1) is 0 Å². The number of hydrogen-bond acceptors (Lipinski definition) is 4. The van der Waals surface area contributed by atoms with E-state index in [1.54, 1.807) is 26.0 Å². The van der Waals surface area contributed by atoms with E-state index in [4.69, 9.17) is 0 Å². The third-order valence-electron chi connectivity index (χ3n) is 2.95. The fraction of sp³-hybridized carbons (Fsp3) is 0.143. The van der Waals surface area contributed by atoms with Crippen molar-refractivity contribution in [1.82, 2.24) is 0 Å². The largest absolute Gasteiger partial charge is 0.508 e. The van der Waals surface area contributed by atoms with Crippen LogP contribution >= 0.6 is 0 Å². The van der Waals surface area contributed by atoms with E-state index in [0.717, 1.165) is 0 Å². The maximum Gasteiger partial charge on any atom is 0.210 e. The third kappa shape index (κ3) is 2.29. The van der Waals surface area contributed by atoms with Crippen molar-refractivity contribution in [2.75, 3.05) is 0 Å². The van der Waals surface area contributed by atoms with Crippen LogP contribution in [0.25, 0.3) is 0 Å². The Hall–Kier alpha value is -2.01. The molecule has 0 aromatic heterocycles. The minimum absolute atomic E-state index is 0.00611. The van der Waals surface area contributed by atoms with Crippen molar-refractivity contribution in [1.29, 1.82) is 0 Å². The second kappa shape index (κ2) is 4.59. The lowest BCUT2D eigenvalue weighted by Gasteiger charge is -2.11. The monoisotopic (exact) mass is 278 g/mol. The van der Waals surface area contributed by atoms with E-state index in [1.165, 1.54) is 24.3 Å². The van der Waals surface area contributed by atoms with Gasteiger partial charge in [0.15, 0.2) is 0 Å². The molecule has 0 fully saturated rings. The van der Waals surface area contributed by atoms with Crippen molar-refractivity contribution in [2.24, 2.45) is 0 Å². The van der Waals surface area contributed by atoms with Gasteiger partial charge < -0.3 is 10.2 Å². The van der Waals surface area contributed by atoms with Crippen LogP contribution in [0.1, 0.15) is 11.1 Å². The Labute approximate surface area is 111 Å². The first-order valence-corrected chi connectivity index (χ1v) is 7.15. The normalized spacial score (nSPS) is 11.5. The predicted molar refractivity (Wildman–Crippen MR) is 71.1 cm³/mol. The van der Waals surface area contributed by atoms with Crippen LogP contribution in [0, 0.1) is 13.8 Å². The summed E-state index contributed by atoms with van der Waals surface area (Å²) in [5, 5.41) is 19.4. The number of phenolic OH excluding ortho intramolecular Hbond substituents is 2. The number of hydrogen-bond donors (Lipinski definition) is 2. The summed E-state index contributed by atoms with van der Waals surface area (Å²) in [5.74, 6) is -0.387. The molecule has 19 heavy (non-hydrogen) atoms. The van der Waals surface area contributed by atoms with Crippen molar-refractivity contribution in [2.45, 2.75) is 23.6 Å². The van der Waals surface area contributed by atoms with Crippen LogP contribution in [0.3, 0.4) is 0 Å². The highest BCUT2D eigenvalue weighted by Crippen LogP contribution is 2.33. The van der Waals surface area contributed by atoms with Gasteiger partial charge in [0.25, 0.3) is 0 Å². The first kappa shape index (κ1) is 13.4. The molecule has 0 aliphatic heterocycles. The number of aromatic hydroxyl groups is 2. The minimum Gasteiger partial charge on any atom is -0.508 e. The van der Waals surface area contributed by atoms with E-state index < -0.39 is 9.84 Å². The zero-order valence-corrected chi connectivity index (χ0v) is 11.4. The van der Waals surface area contributed by atoms with Gasteiger partial charge in [0.05, 0.1) is 4.90 Å². The lowest BCUT2D eigenvalue weighted by atomic mass is 10.2. The average molecular weight is 278 g/mol. The van der Waals surface area contributed by atoms with Gasteiger partial charge in [0.2, 0.25) is 9.84 Å². The Morgan fingerprint density at radius 3 is 2.26 bits per heavy atom. The zero-order chi connectivity index (χ0) is 14.2. The lowest BCUT2D eigenvalue weighted by Crippen LogP contribution is -2.05. The lowest BCUT2D eigenvalue weighted by molar-refractivity contribution is 0.454. The number of sulfone groups is 1. The Kier molecular flexibility index (Phi) is 3.24. The SMILES string of the molecule is Cc1ccc(O)cc1S(=O)(=O)c1cccc(C)c1O. The summed E-state index contributed by atoms with van der Waals surface area (Å²) in [7, 11) is -3.86. The van der Waals surface area contributed by atoms with Crippen LogP contribution in [-0.2, 0) is 9.84 Å². The van der Waals surface area contributed by atoms with Crippen LogP contribution in [0.4, 0.5) is 0 Å². The second-order valence-corrected chi connectivity index (χ2v) is 6.26. The second-order valence-electron chi connectivity index (χ2n) is 4.37. The van der Waals surface area contributed by atoms with Gasteiger partial charge >= 0.3 is 0 Å². The third-order valence-corrected chi connectivity index (χ3v) is 4.88. The number of phenols is 2. The summed E-state index contributed by atoms with van der Waals surface area (Å²) < 4.78 is 25.0. The Morgan fingerprint density at radius 1 is 0.895 bits per heavy atom. The highest BCUT2D eigenvalue weighted by atomic mass is 32.2. The van der Waals surface area contributed by atoms with Crippen LogP contribution < -0.4 is 0 Å². The maximum absolute atomic E-state index is 12.5. The summed E-state index contributed by atoms with van der Waals surface area (Å²) in [4.78, 5) is -0.158. The van der Waals surface area contributed by atoms with Crippen LogP contribution in [0.5, 0.6) is 11.5 Å². The topological polar surface area (TPSA) is 74.6 Å². The fourth-order valence-corrected chi connectivity index (χ4v) is 3.52. The fourth-order valence-electron chi connectivity index (χ4n) is 1.85. The summed E-state index contributed by atoms with van der Waals surface area (Å²) in [6.45, 7) is 3.27. The summed E-state index contributed by atoms with van der Waals surface area (Å²) in [6, 6.07) is 8.68. The van der Waals surface area contributed by atoms with E-state index in [2.05, 4.69) is 0 Å². The Morgan fingerprint density at radius 2 is 1.58 bits per heavy atom. The molecule has 0 saturated carbocycles. The molecule has 0 aliphatic rings. The Bertz CT molecular complexity index is 725. The van der Waals surface area contributed by atoms with E-state index in [1.807, 2.05) is 0 Å².